The van der Waals surface area contributed by atoms with Crippen LogP contribution in [-0.2, 0) is 4.79 Å². The van der Waals surface area contributed by atoms with Gasteiger partial charge in [-0.15, -0.1) is 0 Å². The van der Waals surface area contributed by atoms with Crippen molar-refractivity contribution in [2.24, 2.45) is 0 Å². The van der Waals surface area contributed by atoms with E-state index in [1.165, 1.54) is 20.3 Å². The number of carbonyl (C=O) groups is 2. The molecule has 146 valence electrons. The number of ketones is 2. The Balaban J connectivity index is 2.03. The summed E-state index contributed by atoms with van der Waals surface area (Å²) in [6.07, 6.45) is 1.05. The molecule has 0 amide bonds. The summed E-state index contributed by atoms with van der Waals surface area (Å²) in [5.74, 6) is -0.539. The molecule has 1 aromatic heterocycles. The standard InChI is InChI=1S/C20H20N2O6/c1-11-7-8-15(28-20-21-16(26-2)10-17(22-20)27-3)12(9-11)19(25)18-13(23)5-4-6-14(18)24/h7-10,23H,4-6H2,1-3H3. The molecule has 0 aliphatic heterocycles. The number of methoxy groups -OCH3 is 2. The number of hydrogen-bond acceptors (Lipinski definition) is 8. The number of aromatic nitrogens is 2. The summed E-state index contributed by atoms with van der Waals surface area (Å²) in [5, 5.41) is 10.1. The van der Waals surface area contributed by atoms with Crippen molar-refractivity contribution in [2.75, 3.05) is 14.2 Å². The van der Waals surface area contributed by atoms with Crippen LogP contribution in [0.4, 0.5) is 0 Å². The number of carbonyl (C=O) groups excluding carboxylic acids is 2. The normalized spacial score (nSPS) is 14.0. The lowest BCUT2D eigenvalue weighted by molar-refractivity contribution is -0.116. The monoisotopic (exact) mass is 384 g/mol. The minimum absolute atomic E-state index is 0.0812. The van der Waals surface area contributed by atoms with E-state index in [1.807, 2.05) is 6.92 Å². The van der Waals surface area contributed by atoms with Crippen molar-refractivity contribution < 1.29 is 28.9 Å². The Kier molecular flexibility index (Phi) is 5.58. The van der Waals surface area contributed by atoms with Crippen molar-refractivity contribution >= 4 is 11.6 Å². The zero-order valence-corrected chi connectivity index (χ0v) is 15.8. The number of hydrogen-bond donors (Lipinski definition) is 1. The minimum Gasteiger partial charge on any atom is -0.511 e. The Morgan fingerprint density at radius 2 is 1.75 bits per heavy atom. The molecule has 1 aliphatic rings. The average molecular weight is 384 g/mol. The van der Waals surface area contributed by atoms with Crippen LogP contribution in [0.25, 0.3) is 0 Å². The number of benzene rings is 1. The van der Waals surface area contributed by atoms with E-state index in [-0.39, 0.29) is 52.6 Å². The minimum atomic E-state index is -0.587. The highest BCUT2D eigenvalue weighted by molar-refractivity contribution is 6.27. The van der Waals surface area contributed by atoms with Crippen molar-refractivity contribution in [1.82, 2.24) is 9.97 Å². The van der Waals surface area contributed by atoms with Gasteiger partial charge in [-0.1, -0.05) is 11.6 Å². The summed E-state index contributed by atoms with van der Waals surface area (Å²) in [5.41, 5.74) is 0.746. The molecule has 0 saturated heterocycles. The predicted octanol–water partition coefficient (Wildman–Crippen LogP) is 3.34. The Morgan fingerprint density at radius 1 is 1.07 bits per heavy atom. The Labute approximate surface area is 161 Å². The van der Waals surface area contributed by atoms with Gasteiger partial charge in [-0.25, -0.2) is 0 Å². The molecule has 3 rings (SSSR count). The highest BCUT2D eigenvalue weighted by Gasteiger charge is 2.29. The van der Waals surface area contributed by atoms with E-state index in [1.54, 1.807) is 18.2 Å². The molecule has 1 heterocycles. The van der Waals surface area contributed by atoms with Gasteiger partial charge in [0.1, 0.15) is 17.1 Å². The molecule has 0 spiro atoms. The Bertz CT molecular complexity index is 945. The molecule has 28 heavy (non-hydrogen) atoms. The fourth-order valence-corrected chi connectivity index (χ4v) is 2.87. The first-order valence-electron chi connectivity index (χ1n) is 8.68. The topological polar surface area (TPSA) is 108 Å². The van der Waals surface area contributed by atoms with Crippen LogP contribution in [0.15, 0.2) is 35.6 Å². The zero-order valence-electron chi connectivity index (χ0n) is 15.8. The van der Waals surface area contributed by atoms with Crippen molar-refractivity contribution in [3.63, 3.8) is 0 Å². The van der Waals surface area contributed by atoms with Crippen LogP contribution in [-0.4, -0.2) is 40.9 Å². The maximum absolute atomic E-state index is 13.0. The zero-order chi connectivity index (χ0) is 20.3. The van der Waals surface area contributed by atoms with Crippen LogP contribution in [0.3, 0.4) is 0 Å². The molecule has 2 aromatic rings. The smallest absolute Gasteiger partial charge is 0.328 e. The molecule has 1 N–H and O–H groups in total. The number of ether oxygens (including phenoxy) is 3. The number of nitrogens with zero attached hydrogens (tertiary/aromatic N) is 2. The van der Waals surface area contributed by atoms with Gasteiger partial charge in [-0.3, -0.25) is 9.59 Å². The summed E-state index contributed by atoms with van der Waals surface area (Å²) in [7, 11) is 2.88. The second kappa shape index (κ2) is 8.08. The van der Waals surface area contributed by atoms with Gasteiger partial charge in [0, 0.05) is 12.8 Å². The summed E-state index contributed by atoms with van der Waals surface area (Å²) >= 11 is 0. The van der Waals surface area contributed by atoms with E-state index in [2.05, 4.69) is 9.97 Å². The van der Waals surface area contributed by atoms with Crippen LogP contribution in [0.2, 0.25) is 0 Å². The van der Waals surface area contributed by atoms with Crippen molar-refractivity contribution in [3.05, 3.63) is 46.7 Å². The van der Waals surface area contributed by atoms with E-state index in [0.29, 0.717) is 12.8 Å². The van der Waals surface area contributed by atoms with E-state index in [0.717, 1.165) is 5.56 Å². The van der Waals surface area contributed by atoms with Gasteiger partial charge in [0.2, 0.25) is 17.5 Å². The third-order valence-corrected chi connectivity index (χ3v) is 4.27. The van der Waals surface area contributed by atoms with Crippen molar-refractivity contribution in [2.45, 2.75) is 26.2 Å². The van der Waals surface area contributed by atoms with Crippen molar-refractivity contribution in [3.8, 4) is 23.5 Å². The quantitative estimate of drug-likeness (QED) is 0.597. The number of allylic oxidation sites excluding steroid dienone is 2. The molecule has 8 heteroatoms. The van der Waals surface area contributed by atoms with E-state index < -0.39 is 5.78 Å². The summed E-state index contributed by atoms with van der Waals surface area (Å²) in [6, 6.07) is 6.33. The molecular formula is C20H20N2O6. The van der Waals surface area contributed by atoms with Crippen LogP contribution in [0.1, 0.15) is 35.2 Å². The van der Waals surface area contributed by atoms with Gasteiger partial charge >= 0.3 is 6.01 Å². The Morgan fingerprint density at radius 3 is 2.36 bits per heavy atom. The second-order valence-electron chi connectivity index (χ2n) is 6.26. The largest absolute Gasteiger partial charge is 0.511 e. The van der Waals surface area contributed by atoms with Crippen LogP contribution in [0, 0.1) is 6.92 Å². The van der Waals surface area contributed by atoms with E-state index in [4.69, 9.17) is 14.2 Å². The lowest BCUT2D eigenvalue weighted by Gasteiger charge is -2.16. The second-order valence-corrected chi connectivity index (χ2v) is 6.26. The third kappa shape index (κ3) is 3.95. The van der Waals surface area contributed by atoms with Gasteiger partial charge in [-0.05, 0) is 25.5 Å². The molecule has 0 fully saturated rings. The molecule has 0 radical (unpaired) electrons. The molecule has 8 nitrogen and oxygen atoms in total. The maximum Gasteiger partial charge on any atom is 0.328 e. The molecule has 1 aromatic carbocycles. The average Bonchev–Trinajstić information content (AvgIpc) is 2.68. The van der Waals surface area contributed by atoms with Gasteiger partial charge in [-0.2, -0.15) is 9.97 Å². The number of aliphatic hydroxyl groups is 1. The molecule has 1 aliphatic carbocycles. The first kappa shape index (κ1) is 19.3. The molecule has 0 bridgehead atoms. The summed E-state index contributed by atoms with van der Waals surface area (Å²) in [4.78, 5) is 33.4. The third-order valence-electron chi connectivity index (χ3n) is 4.27. The van der Waals surface area contributed by atoms with Crippen molar-refractivity contribution in [1.29, 1.82) is 0 Å². The van der Waals surface area contributed by atoms with Gasteiger partial charge < -0.3 is 19.3 Å². The number of Topliss-reactive ketones (excluding diaryl/α,β-unsaturated/α-hetero) is 2. The maximum atomic E-state index is 13.0. The van der Waals surface area contributed by atoms with Gasteiger partial charge in [0.05, 0.1) is 25.8 Å². The molecule has 0 unspecified atom stereocenters. The van der Waals surface area contributed by atoms with Crippen LogP contribution >= 0.6 is 0 Å². The molecular weight excluding hydrogens is 364 g/mol. The Hall–Kier alpha value is -3.42. The summed E-state index contributed by atoms with van der Waals surface area (Å²) < 4.78 is 15.9. The van der Waals surface area contributed by atoms with Gasteiger partial charge in [0.15, 0.2) is 5.78 Å². The SMILES string of the molecule is COc1cc(OC)nc(Oc2ccc(C)cc2C(=O)C2=C(O)CCCC2=O)n1. The number of aryl methyl sites for hydroxylation is 1. The summed E-state index contributed by atoms with van der Waals surface area (Å²) in [6.45, 7) is 1.81. The predicted molar refractivity (Wildman–Crippen MR) is 99.2 cm³/mol. The first-order valence-corrected chi connectivity index (χ1v) is 8.68. The van der Waals surface area contributed by atoms with Crippen LogP contribution in [0.5, 0.6) is 23.5 Å². The lowest BCUT2D eigenvalue weighted by atomic mass is 9.89. The van der Waals surface area contributed by atoms with E-state index in [9.17, 15) is 14.7 Å². The van der Waals surface area contributed by atoms with Gasteiger partial charge in [0.25, 0.3) is 0 Å². The van der Waals surface area contributed by atoms with Crippen LogP contribution < -0.4 is 14.2 Å². The van der Waals surface area contributed by atoms with E-state index >= 15 is 0 Å². The lowest BCUT2D eigenvalue weighted by Crippen LogP contribution is -2.20. The highest BCUT2D eigenvalue weighted by atomic mass is 16.5. The fraction of sp³-hybridized carbons (Fsp3) is 0.300. The fourth-order valence-electron chi connectivity index (χ4n) is 2.87. The molecule has 0 saturated carbocycles. The first-order chi connectivity index (χ1) is 13.4. The molecule has 0 atom stereocenters. The highest BCUT2D eigenvalue weighted by Crippen LogP contribution is 2.31. The number of rotatable bonds is 6. The number of aliphatic hydroxyl groups excluding tert-OH is 1.